The van der Waals surface area contributed by atoms with Crippen LogP contribution in [0.5, 0.6) is 0 Å². The molecule has 0 saturated heterocycles. The van der Waals surface area contributed by atoms with Gasteiger partial charge >= 0.3 is 0 Å². The Labute approximate surface area is 121 Å². The summed E-state index contributed by atoms with van der Waals surface area (Å²) < 4.78 is 0. The predicted octanol–water partition coefficient (Wildman–Crippen LogP) is 3.16. The summed E-state index contributed by atoms with van der Waals surface area (Å²) in [5.41, 5.74) is 1.51. The molecule has 0 aliphatic heterocycles. The van der Waals surface area contributed by atoms with E-state index in [1.807, 2.05) is 17.0 Å². The van der Waals surface area contributed by atoms with E-state index in [4.69, 9.17) is 0 Å². The smallest absolute Gasteiger partial charge is 0.272 e. The van der Waals surface area contributed by atoms with Crippen LogP contribution < -0.4 is 5.32 Å². The molecule has 20 heavy (non-hydrogen) atoms. The van der Waals surface area contributed by atoms with Gasteiger partial charge in [-0.3, -0.25) is 9.78 Å². The minimum atomic E-state index is 0.0482. The van der Waals surface area contributed by atoms with Crippen LogP contribution in [-0.2, 0) is 0 Å². The maximum absolute atomic E-state index is 12.6. The Morgan fingerprint density at radius 3 is 2.85 bits per heavy atom. The lowest BCUT2D eigenvalue weighted by atomic mass is 10.2. The third kappa shape index (κ3) is 3.95. The van der Waals surface area contributed by atoms with Crippen molar-refractivity contribution in [1.82, 2.24) is 9.88 Å². The van der Waals surface area contributed by atoms with Crippen molar-refractivity contribution in [2.24, 2.45) is 5.92 Å². The quantitative estimate of drug-likeness (QED) is 0.831. The second-order valence-corrected chi connectivity index (χ2v) is 5.85. The van der Waals surface area contributed by atoms with E-state index in [9.17, 15) is 4.79 Å². The molecule has 1 heterocycles. The summed E-state index contributed by atoms with van der Waals surface area (Å²) >= 11 is 0. The summed E-state index contributed by atoms with van der Waals surface area (Å²) in [5, 5.41) is 3.30. The monoisotopic (exact) mass is 275 g/mol. The summed E-state index contributed by atoms with van der Waals surface area (Å²) in [6, 6.07) is 3.99. The van der Waals surface area contributed by atoms with Crippen molar-refractivity contribution >= 4 is 11.6 Å². The van der Waals surface area contributed by atoms with Gasteiger partial charge in [0.1, 0.15) is 5.69 Å². The van der Waals surface area contributed by atoms with E-state index < -0.39 is 0 Å². The minimum absolute atomic E-state index is 0.0482. The second-order valence-electron chi connectivity index (χ2n) is 5.85. The Morgan fingerprint density at radius 2 is 2.25 bits per heavy atom. The molecule has 2 rings (SSSR count). The number of nitrogens with one attached hydrogen (secondary N) is 1. The van der Waals surface area contributed by atoms with E-state index in [0.29, 0.717) is 11.6 Å². The van der Waals surface area contributed by atoms with E-state index in [-0.39, 0.29) is 11.9 Å². The van der Waals surface area contributed by atoms with Gasteiger partial charge in [-0.25, -0.2) is 0 Å². The normalized spacial score (nSPS) is 14.4. The van der Waals surface area contributed by atoms with Crippen LogP contribution in [0, 0.1) is 5.92 Å². The van der Waals surface area contributed by atoms with Gasteiger partial charge < -0.3 is 10.2 Å². The molecule has 4 nitrogen and oxygen atoms in total. The van der Waals surface area contributed by atoms with Gasteiger partial charge in [-0.2, -0.15) is 0 Å². The molecule has 0 bridgehead atoms. The lowest BCUT2D eigenvalue weighted by Gasteiger charge is -2.26. The molecule has 1 aromatic rings. The highest BCUT2D eigenvalue weighted by Crippen LogP contribution is 2.30. The van der Waals surface area contributed by atoms with Crippen molar-refractivity contribution in [3.63, 3.8) is 0 Å². The van der Waals surface area contributed by atoms with Crippen LogP contribution in [0.4, 0.5) is 5.69 Å². The van der Waals surface area contributed by atoms with Gasteiger partial charge in [0.15, 0.2) is 0 Å². The first-order chi connectivity index (χ1) is 9.61. The highest BCUT2D eigenvalue weighted by Gasteiger charge is 2.29. The van der Waals surface area contributed by atoms with E-state index in [1.54, 1.807) is 6.20 Å². The number of pyridine rings is 1. The summed E-state index contributed by atoms with van der Waals surface area (Å²) in [6.45, 7) is 8.04. The second kappa shape index (κ2) is 6.73. The highest BCUT2D eigenvalue weighted by atomic mass is 16.2. The molecule has 1 aliphatic rings. The lowest BCUT2D eigenvalue weighted by Crippen LogP contribution is -2.38. The molecule has 0 unspecified atom stereocenters. The molecule has 1 N–H and O–H groups in total. The molecular formula is C16H25N3O. The summed E-state index contributed by atoms with van der Waals surface area (Å²) in [5.74, 6) is 0.745. The highest BCUT2D eigenvalue weighted by molar-refractivity contribution is 5.93. The molecule has 1 amide bonds. The SMILES string of the molecule is CCCNc1ccnc(C(=O)N(CC2CC2)C(C)C)c1. The third-order valence-corrected chi connectivity index (χ3v) is 3.59. The van der Waals surface area contributed by atoms with Gasteiger partial charge in [0.2, 0.25) is 0 Å². The third-order valence-electron chi connectivity index (χ3n) is 3.59. The van der Waals surface area contributed by atoms with Crippen LogP contribution >= 0.6 is 0 Å². The Kier molecular flexibility index (Phi) is 4.99. The first-order valence-corrected chi connectivity index (χ1v) is 7.62. The molecule has 1 fully saturated rings. The Bertz CT molecular complexity index is 455. The van der Waals surface area contributed by atoms with Crippen LogP contribution in [-0.4, -0.2) is 34.9 Å². The van der Waals surface area contributed by atoms with Crippen molar-refractivity contribution in [2.75, 3.05) is 18.4 Å². The largest absolute Gasteiger partial charge is 0.385 e. The van der Waals surface area contributed by atoms with Crippen LogP contribution in [0.3, 0.4) is 0 Å². The number of carbonyl (C=O) groups is 1. The Hall–Kier alpha value is -1.58. The van der Waals surface area contributed by atoms with Crippen molar-refractivity contribution in [3.8, 4) is 0 Å². The Morgan fingerprint density at radius 1 is 1.50 bits per heavy atom. The Balaban J connectivity index is 2.08. The molecular weight excluding hydrogens is 250 g/mol. The molecule has 1 saturated carbocycles. The molecule has 4 heteroatoms. The molecule has 0 aromatic carbocycles. The zero-order valence-corrected chi connectivity index (χ0v) is 12.7. The molecule has 0 atom stereocenters. The minimum Gasteiger partial charge on any atom is -0.385 e. The zero-order valence-electron chi connectivity index (χ0n) is 12.7. The number of hydrogen-bond acceptors (Lipinski definition) is 3. The van der Waals surface area contributed by atoms with Gasteiger partial charge in [0, 0.05) is 31.0 Å². The molecule has 1 aromatic heterocycles. The van der Waals surface area contributed by atoms with Crippen LogP contribution in [0.15, 0.2) is 18.3 Å². The van der Waals surface area contributed by atoms with Crippen molar-refractivity contribution in [1.29, 1.82) is 0 Å². The van der Waals surface area contributed by atoms with Gasteiger partial charge in [-0.05, 0) is 51.2 Å². The average molecular weight is 275 g/mol. The van der Waals surface area contributed by atoms with Crippen LogP contribution in [0.2, 0.25) is 0 Å². The summed E-state index contributed by atoms with van der Waals surface area (Å²) in [7, 11) is 0. The topological polar surface area (TPSA) is 45.2 Å². The van der Waals surface area contributed by atoms with Gasteiger partial charge in [-0.1, -0.05) is 6.92 Å². The number of anilines is 1. The first kappa shape index (κ1) is 14.8. The number of nitrogens with zero attached hydrogens (tertiary/aromatic N) is 2. The molecule has 1 aliphatic carbocycles. The van der Waals surface area contributed by atoms with E-state index in [0.717, 1.165) is 25.2 Å². The number of carbonyl (C=O) groups excluding carboxylic acids is 1. The molecule has 0 radical (unpaired) electrons. The fourth-order valence-corrected chi connectivity index (χ4v) is 2.18. The van der Waals surface area contributed by atoms with Gasteiger partial charge in [-0.15, -0.1) is 0 Å². The zero-order chi connectivity index (χ0) is 14.5. The van der Waals surface area contributed by atoms with Crippen LogP contribution in [0.25, 0.3) is 0 Å². The summed E-state index contributed by atoms with van der Waals surface area (Å²) in [4.78, 5) is 18.8. The van der Waals surface area contributed by atoms with E-state index >= 15 is 0 Å². The standard InChI is InChI=1S/C16H25N3O/c1-4-8-17-14-7-9-18-15(10-14)16(20)19(12(2)3)11-13-5-6-13/h7,9-10,12-13H,4-6,8,11H2,1-3H3,(H,17,18). The number of amides is 1. The molecule has 0 spiro atoms. The van der Waals surface area contributed by atoms with E-state index in [1.165, 1.54) is 12.8 Å². The number of rotatable bonds is 7. The fraction of sp³-hybridized carbons (Fsp3) is 0.625. The molecule has 110 valence electrons. The van der Waals surface area contributed by atoms with E-state index in [2.05, 4.69) is 31.1 Å². The maximum Gasteiger partial charge on any atom is 0.272 e. The average Bonchev–Trinajstić information content (AvgIpc) is 3.26. The lowest BCUT2D eigenvalue weighted by molar-refractivity contribution is 0.0690. The predicted molar refractivity (Wildman–Crippen MR) is 81.9 cm³/mol. The van der Waals surface area contributed by atoms with Crippen molar-refractivity contribution in [2.45, 2.75) is 46.1 Å². The number of hydrogen-bond donors (Lipinski definition) is 1. The summed E-state index contributed by atoms with van der Waals surface area (Å²) in [6.07, 6.45) is 5.27. The fourth-order valence-electron chi connectivity index (χ4n) is 2.18. The maximum atomic E-state index is 12.6. The van der Waals surface area contributed by atoms with Gasteiger partial charge in [0.25, 0.3) is 5.91 Å². The van der Waals surface area contributed by atoms with Gasteiger partial charge in [0.05, 0.1) is 0 Å². The first-order valence-electron chi connectivity index (χ1n) is 7.62. The number of aromatic nitrogens is 1. The van der Waals surface area contributed by atoms with Crippen LogP contribution in [0.1, 0.15) is 50.5 Å². The van der Waals surface area contributed by atoms with Crippen molar-refractivity contribution in [3.05, 3.63) is 24.0 Å². The van der Waals surface area contributed by atoms with Crippen molar-refractivity contribution < 1.29 is 4.79 Å².